The fourth-order valence-electron chi connectivity index (χ4n) is 2.25. The molecule has 0 aliphatic heterocycles. The van der Waals surface area contributed by atoms with Gasteiger partial charge in [-0.3, -0.25) is 0 Å². The lowest BCUT2D eigenvalue weighted by Gasteiger charge is -2.11. The van der Waals surface area contributed by atoms with Crippen LogP contribution in [0, 0.1) is 0 Å². The van der Waals surface area contributed by atoms with Gasteiger partial charge in [0.2, 0.25) is 0 Å². The van der Waals surface area contributed by atoms with Crippen LogP contribution in [-0.2, 0) is 6.54 Å². The minimum atomic E-state index is -4.73. The molecule has 0 unspecified atom stereocenters. The quantitative estimate of drug-likeness (QED) is 0.291. The second-order valence-corrected chi connectivity index (χ2v) is 5.73. The Bertz CT molecular complexity index is 800. The zero-order chi connectivity index (χ0) is 20.6. The lowest BCUT2D eigenvalue weighted by molar-refractivity contribution is -0.274. The van der Waals surface area contributed by atoms with Crippen molar-refractivity contribution in [1.82, 2.24) is 0 Å². The molecule has 0 bridgehead atoms. The number of nitrogens with zero attached hydrogens (tertiary/aromatic N) is 1. The van der Waals surface area contributed by atoms with E-state index in [1.807, 2.05) is 25.1 Å². The molecule has 6 nitrogen and oxygen atoms in total. The lowest BCUT2D eigenvalue weighted by atomic mass is 10.2. The normalized spacial score (nSPS) is 11.4. The molecule has 10 heteroatoms. The Morgan fingerprint density at radius 2 is 1.79 bits per heavy atom. The van der Waals surface area contributed by atoms with Crippen molar-refractivity contribution >= 4 is 35.6 Å². The maximum Gasteiger partial charge on any atom is 0.573 e. The van der Waals surface area contributed by atoms with Crippen LogP contribution in [0.15, 0.2) is 47.5 Å². The van der Waals surface area contributed by atoms with Crippen LogP contribution in [0.3, 0.4) is 0 Å². The monoisotopic (exact) mass is 525 g/mol. The number of aliphatic imine (C=N–C) groups is 1. The summed E-state index contributed by atoms with van der Waals surface area (Å²) < 4.78 is 51.2. The molecule has 0 radical (unpaired) electrons. The van der Waals surface area contributed by atoms with Crippen LogP contribution in [0.25, 0.3) is 0 Å². The Kier molecular flexibility index (Phi) is 9.86. The molecule has 0 fully saturated rings. The molecule has 0 aliphatic carbocycles. The molecule has 29 heavy (non-hydrogen) atoms. The van der Waals surface area contributed by atoms with E-state index in [9.17, 15) is 13.2 Å². The Hall–Kier alpha value is -2.37. The fourth-order valence-corrected chi connectivity index (χ4v) is 2.25. The van der Waals surface area contributed by atoms with Gasteiger partial charge in [0.1, 0.15) is 5.75 Å². The molecule has 0 spiro atoms. The summed E-state index contributed by atoms with van der Waals surface area (Å²) in [5, 5.41) is 2.81. The summed E-state index contributed by atoms with van der Waals surface area (Å²) in [6.45, 7) is 2.90. The van der Waals surface area contributed by atoms with Gasteiger partial charge < -0.3 is 25.3 Å². The number of nitrogens with two attached hydrogens (primary N) is 1. The highest BCUT2D eigenvalue weighted by Crippen LogP contribution is 2.28. The van der Waals surface area contributed by atoms with Crippen LogP contribution in [0.5, 0.6) is 17.2 Å². The van der Waals surface area contributed by atoms with E-state index in [4.69, 9.17) is 15.2 Å². The Morgan fingerprint density at radius 1 is 1.10 bits per heavy atom. The first-order valence-electron chi connectivity index (χ1n) is 8.53. The number of guanidine groups is 1. The molecule has 0 amide bonds. The predicted molar refractivity (Wildman–Crippen MR) is 116 cm³/mol. The summed E-state index contributed by atoms with van der Waals surface area (Å²) in [5.41, 5.74) is 7.17. The molecule has 0 aliphatic rings. The van der Waals surface area contributed by atoms with Crippen molar-refractivity contribution in [2.45, 2.75) is 26.3 Å². The van der Waals surface area contributed by atoms with Crippen molar-refractivity contribution in [3.63, 3.8) is 0 Å². The van der Waals surface area contributed by atoms with Gasteiger partial charge in [-0.15, -0.1) is 37.1 Å². The smallest absolute Gasteiger partial charge is 0.493 e. The summed E-state index contributed by atoms with van der Waals surface area (Å²) in [6.07, 6.45) is -3.84. The van der Waals surface area contributed by atoms with Crippen LogP contribution < -0.4 is 25.3 Å². The first-order chi connectivity index (χ1) is 13.3. The van der Waals surface area contributed by atoms with Crippen molar-refractivity contribution in [1.29, 1.82) is 0 Å². The van der Waals surface area contributed by atoms with Crippen molar-refractivity contribution in [3.8, 4) is 17.2 Å². The Balaban J connectivity index is 0.00000420. The molecular weight excluding hydrogens is 502 g/mol. The first-order valence-corrected chi connectivity index (χ1v) is 8.53. The van der Waals surface area contributed by atoms with Crippen molar-refractivity contribution in [2.75, 3.05) is 19.0 Å². The first kappa shape index (κ1) is 24.7. The highest BCUT2D eigenvalue weighted by atomic mass is 127. The minimum Gasteiger partial charge on any atom is -0.493 e. The minimum absolute atomic E-state index is 0. The lowest BCUT2D eigenvalue weighted by Crippen LogP contribution is -2.22. The van der Waals surface area contributed by atoms with Crippen molar-refractivity contribution < 1.29 is 27.4 Å². The third-order valence-corrected chi connectivity index (χ3v) is 3.48. The molecule has 3 N–H and O–H groups in total. The molecule has 2 aromatic rings. The molecule has 0 heterocycles. The average Bonchev–Trinajstić information content (AvgIpc) is 2.65. The van der Waals surface area contributed by atoms with Crippen LogP contribution in [0.2, 0.25) is 0 Å². The highest BCUT2D eigenvalue weighted by Gasteiger charge is 2.30. The van der Waals surface area contributed by atoms with Gasteiger partial charge in [0, 0.05) is 5.69 Å². The van der Waals surface area contributed by atoms with E-state index in [1.54, 1.807) is 7.11 Å². The number of hydrogen-bond donors (Lipinski definition) is 2. The summed E-state index contributed by atoms with van der Waals surface area (Å²) >= 11 is 0. The number of anilines is 1. The van der Waals surface area contributed by atoms with Crippen LogP contribution >= 0.6 is 24.0 Å². The number of benzene rings is 2. The van der Waals surface area contributed by atoms with Crippen LogP contribution in [0.4, 0.5) is 18.9 Å². The second-order valence-electron chi connectivity index (χ2n) is 5.73. The predicted octanol–water partition coefficient (Wildman–Crippen LogP) is 4.93. The van der Waals surface area contributed by atoms with E-state index in [0.29, 0.717) is 30.3 Å². The number of halogens is 4. The topological polar surface area (TPSA) is 78.1 Å². The molecule has 0 saturated carbocycles. The molecule has 0 saturated heterocycles. The third-order valence-electron chi connectivity index (χ3n) is 3.48. The number of rotatable bonds is 8. The van der Waals surface area contributed by atoms with Gasteiger partial charge in [-0.25, -0.2) is 4.99 Å². The second kappa shape index (κ2) is 11.6. The molecule has 0 aromatic heterocycles. The van der Waals surface area contributed by atoms with Crippen LogP contribution in [0.1, 0.15) is 18.9 Å². The molecule has 160 valence electrons. The molecule has 2 rings (SSSR count). The van der Waals surface area contributed by atoms with E-state index in [-0.39, 0.29) is 35.7 Å². The maximum atomic E-state index is 12.2. The largest absolute Gasteiger partial charge is 0.573 e. The molecule has 0 atom stereocenters. The van der Waals surface area contributed by atoms with E-state index in [1.165, 1.54) is 24.3 Å². The summed E-state index contributed by atoms with van der Waals surface area (Å²) in [4.78, 5) is 4.21. The van der Waals surface area contributed by atoms with E-state index in [0.717, 1.165) is 12.0 Å². The highest BCUT2D eigenvalue weighted by molar-refractivity contribution is 14.0. The van der Waals surface area contributed by atoms with E-state index < -0.39 is 6.36 Å². The van der Waals surface area contributed by atoms with Crippen molar-refractivity contribution in [2.24, 2.45) is 10.7 Å². The van der Waals surface area contributed by atoms with E-state index >= 15 is 0 Å². The number of alkyl halides is 3. The summed E-state index contributed by atoms with van der Waals surface area (Å²) in [6, 6.07) is 10.7. The molecule has 2 aromatic carbocycles. The van der Waals surface area contributed by atoms with Crippen LogP contribution in [-0.4, -0.2) is 26.0 Å². The van der Waals surface area contributed by atoms with E-state index in [2.05, 4.69) is 15.0 Å². The van der Waals surface area contributed by atoms with Gasteiger partial charge in [-0.2, -0.15) is 0 Å². The number of methoxy groups -OCH3 is 1. The zero-order valence-corrected chi connectivity index (χ0v) is 18.3. The summed E-state index contributed by atoms with van der Waals surface area (Å²) in [5.74, 6) is 1.07. The van der Waals surface area contributed by atoms with Gasteiger partial charge in [0.25, 0.3) is 0 Å². The number of nitrogens with one attached hydrogen (secondary N) is 1. The Morgan fingerprint density at radius 3 is 2.38 bits per heavy atom. The number of hydrogen-bond acceptors (Lipinski definition) is 4. The Labute approximate surface area is 184 Å². The zero-order valence-electron chi connectivity index (χ0n) is 16.0. The summed E-state index contributed by atoms with van der Waals surface area (Å²) in [7, 11) is 1.56. The average molecular weight is 525 g/mol. The van der Waals surface area contributed by atoms with Gasteiger partial charge in [-0.05, 0) is 48.4 Å². The number of ether oxygens (including phenoxy) is 3. The standard InChI is InChI=1S/C19H22F3N3O3.HI/c1-3-10-27-16-9-4-13(11-17(16)26-2)12-24-18(23)25-14-5-7-15(8-6-14)28-19(20,21)22;/h4-9,11H,3,10,12H2,1-2H3,(H3,23,24,25);1H. The maximum absolute atomic E-state index is 12.2. The molecular formula is C19H23F3IN3O3. The van der Waals surface area contributed by atoms with Crippen molar-refractivity contribution in [3.05, 3.63) is 48.0 Å². The van der Waals surface area contributed by atoms with Gasteiger partial charge >= 0.3 is 6.36 Å². The van der Waals surface area contributed by atoms with Gasteiger partial charge in [0.15, 0.2) is 17.5 Å². The fraction of sp³-hybridized carbons (Fsp3) is 0.316. The van der Waals surface area contributed by atoms with Gasteiger partial charge in [0.05, 0.1) is 20.3 Å². The third kappa shape index (κ3) is 8.67. The SMILES string of the molecule is CCCOc1ccc(CN=C(N)Nc2ccc(OC(F)(F)F)cc2)cc1OC.I. The van der Waals surface area contributed by atoms with Gasteiger partial charge in [-0.1, -0.05) is 13.0 Å².